The molecule has 0 spiro atoms. The topological polar surface area (TPSA) is 50.3 Å². The van der Waals surface area contributed by atoms with E-state index >= 15 is 0 Å². The molecule has 7 heteroatoms. The minimum Gasteiger partial charge on any atom is -0.378 e. The number of thiocarbonyl (C=S) groups is 1. The van der Waals surface area contributed by atoms with Crippen LogP contribution in [0.1, 0.15) is 0 Å². The highest BCUT2D eigenvalue weighted by atomic mass is 32.1. The lowest BCUT2D eigenvalue weighted by Crippen LogP contribution is -2.42. The van der Waals surface area contributed by atoms with E-state index in [4.69, 9.17) is 17.0 Å². The van der Waals surface area contributed by atoms with Crippen molar-refractivity contribution in [3.05, 3.63) is 18.2 Å². The Morgan fingerprint density at radius 1 is 1.39 bits per heavy atom. The number of hydrogen-bond acceptors (Lipinski definition) is 5. The number of morpholine rings is 1. The third kappa shape index (κ3) is 2.43. The predicted octanol–water partition coefficient (Wildman–Crippen LogP) is 1.72. The van der Waals surface area contributed by atoms with E-state index < -0.39 is 0 Å². The molecule has 1 saturated heterocycles. The van der Waals surface area contributed by atoms with Crippen LogP contribution in [-0.4, -0.2) is 45.9 Å². The van der Waals surface area contributed by atoms with Crippen molar-refractivity contribution >= 4 is 44.8 Å². The van der Waals surface area contributed by atoms with Crippen LogP contribution in [0.2, 0.25) is 0 Å². The van der Waals surface area contributed by atoms with Gasteiger partial charge in [0.25, 0.3) is 0 Å². The first-order valence-corrected chi connectivity index (χ1v) is 6.87. The third-order valence-corrected chi connectivity index (χ3v) is 3.86. The maximum absolute atomic E-state index is 5.38. The zero-order chi connectivity index (χ0) is 12.4. The molecule has 1 aliphatic rings. The van der Waals surface area contributed by atoms with Crippen molar-refractivity contribution in [3.8, 4) is 0 Å². The average molecular weight is 280 g/mol. The van der Waals surface area contributed by atoms with Crippen molar-refractivity contribution in [2.45, 2.75) is 0 Å². The van der Waals surface area contributed by atoms with E-state index in [9.17, 15) is 0 Å². The van der Waals surface area contributed by atoms with Gasteiger partial charge in [0.05, 0.1) is 17.9 Å². The zero-order valence-electron chi connectivity index (χ0n) is 9.63. The summed E-state index contributed by atoms with van der Waals surface area (Å²) in [7, 11) is 0. The van der Waals surface area contributed by atoms with E-state index in [2.05, 4.69) is 19.8 Å². The SMILES string of the molecule is S=C(Nc1ccc2snnc2c1)N1CCOCC1. The van der Waals surface area contributed by atoms with Gasteiger partial charge >= 0.3 is 0 Å². The molecule has 0 aliphatic carbocycles. The van der Waals surface area contributed by atoms with Gasteiger partial charge in [0.1, 0.15) is 5.52 Å². The van der Waals surface area contributed by atoms with Crippen LogP contribution in [-0.2, 0) is 4.74 Å². The average Bonchev–Trinajstić information content (AvgIpc) is 2.87. The maximum atomic E-state index is 5.38. The lowest BCUT2D eigenvalue weighted by atomic mass is 10.3. The summed E-state index contributed by atoms with van der Waals surface area (Å²) < 4.78 is 10.3. The van der Waals surface area contributed by atoms with E-state index in [-0.39, 0.29) is 0 Å². The van der Waals surface area contributed by atoms with Gasteiger partial charge in [-0.2, -0.15) is 0 Å². The largest absolute Gasteiger partial charge is 0.378 e. The standard InChI is InChI=1S/C11H12N4OS2/c17-11(15-3-5-16-6-4-15)12-8-1-2-10-9(7-8)13-14-18-10/h1-2,7H,3-6H2,(H,12,17). The fourth-order valence-corrected chi connectivity index (χ4v) is 2.67. The predicted molar refractivity (Wildman–Crippen MR) is 76.0 cm³/mol. The van der Waals surface area contributed by atoms with Crippen LogP contribution < -0.4 is 5.32 Å². The molecule has 2 aromatic rings. The summed E-state index contributed by atoms with van der Waals surface area (Å²) in [5.74, 6) is 0. The molecule has 1 fully saturated rings. The van der Waals surface area contributed by atoms with E-state index in [0.29, 0.717) is 0 Å². The van der Waals surface area contributed by atoms with Crippen molar-refractivity contribution < 1.29 is 4.74 Å². The van der Waals surface area contributed by atoms with Gasteiger partial charge in [0, 0.05) is 18.8 Å². The summed E-state index contributed by atoms with van der Waals surface area (Å²) in [6, 6.07) is 5.96. The third-order valence-electron chi connectivity index (χ3n) is 2.80. The Labute approximate surface area is 114 Å². The Bertz CT molecular complexity index is 565. The Kier molecular flexibility index (Phi) is 3.35. The molecule has 1 aromatic heterocycles. The molecule has 1 N–H and O–H groups in total. The summed E-state index contributed by atoms with van der Waals surface area (Å²) in [6.07, 6.45) is 0. The molecule has 0 saturated carbocycles. The van der Waals surface area contributed by atoms with Crippen LogP contribution in [0.5, 0.6) is 0 Å². The summed E-state index contributed by atoms with van der Waals surface area (Å²) >= 11 is 6.78. The van der Waals surface area contributed by atoms with Gasteiger partial charge in [-0.1, -0.05) is 4.49 Å². The summed E-state index contributed by atoms with van der Waals surface area (Å²) in [6.45, 7) is 3.15. The molecule has 94 valence electrons. The maximum Gasteiger partial charge on any atom is 0.173 e. The number of benzene rings is 1. The van der Waals surface area contributed by atoms with Crippen LogP contribution >= 0.6 is 23.8 Å². The van der Waals surface area contributed by atoms with Gasteiger partial charge in [-0.15, -0.1) is 5.10 Å². The summed E-state index contributed by atoms with van der Waals surface area (Å²) in [5.41, 5.74) is 1.85. The zero-order valence-corrected chi connectivity index (χ0v) is 11.3. The fraction of sp³-hybridized carbons (Fsp3) is 0.364. The van der Waals surface area contributed by atoms with Gasteiger partial charge < -0.3 is 15.0 Å². The summed E-state index contributed by atoms with van der Waals surface area (Å²) in [5, 5.41) is 8.02. The number of nitrogens with zero attached hydrogens (tertiary/aromatic N) is 3. The molecule has 3 rings (SSSR count). The van der Waals surface area contributed by atoms with Gasteiger partial charge in [0.2, 0.25) is 0 Å². The number of ether oxygens (including phenoxy) is 1. The normalized spacial score (nSPS) is 15.9. The number of fused-ring (bicyclic) bond motifs is 1. The highest BCUT2D eigenvalue weighted by Gasteiger charge is 2.13. The van der Waals surface area contributed by atoms with E-state index in [1.54, 1.807) is 0 Å². The number of hydrogen-bond donors (Lipinski definition) is 1. The van der Waals surface area contributed by atoms with E-state index in [1.807, 2.05) is 18.2 Å². The lowest BCUT2D eigenvalue weighted by Gasteiger charge is -2.29. The monoisotopic (exact) mass is 280 g/mol. The molecular formula is C11H12N4OS2. The highest BCUT2D eigenvalue weighted by Crippen LogP contribution is 2.20. The molecule has 5 nitrogen and oxygen atoms in total. The van der Waals surface area contributed by atoms with Crippen molar-refractivity contribution in [3.63, 3.8) is 0 Å². The van der Waals surface area contributed by atoms with Crippen molar-refractivity contribution in [2.75, 3.05) is 31.6 Å². The Balaban J connectivity index is 1.72. The van der Waals surface area contributed by atoms with Crippen LogP contribution in [0, 0.1) is 0 Å². The number of rotatable bonds is 1. The second kappa shape index (κ2) is 5.13. The fourth-order valence-electron chi connectivity index (χ4n) is 1.83. The number of aromatic nitrogens is 2. The Morgan fingerprint density at radius 3 is 3.06 bits per heavy atom. The van der Waals surface area contributed by atoms with Gasteiger partial charge in [-0.3, -0.25) is 0 Å². The summed E-state index contributed by atoms with van der Waals surface area (Å²) in [4.78, 5) is 2.11. The molecule has 0 bridgehead atoms. The molecule has 1 aliphatic heterocycles. The quantitative estimate of drug-likeness (QED) is 0.803. The van der Waals surface area contributed by atoms with Crippen molar-refractivity contribution in [1.29, 1.82) is 0 Å². The highest BCUT2D eigenvalue weighted by molar-refractivity contribution is 7.80. The van der Waals surface area contributed by atoms with Crippen LogP contribution in [0.4, 0.5) is 5.69 Å². The van der Waals surface area contributed by atoms with E-state index in [1.165, 1.54) is 11.5 Å². The molecule has 0 radical (unpaired) electrons. The van der Waals surface area contributed by atoms with Crippen molar-refractivity contribution in [1.82, 2.24) is 14.5 Å². The van der Waals surface area contributed by atoms with Crippen molar-refractivity contribution in [2.24, 2.45) is 0 Å². The van der Waals surface area contributed by atoms with E-state index in [0.717, 1.165) is 47.3 Å². The minimum atomic E-state index is 0.733. The smallest absolute Gasteiger partial charge is 0.173 e. The Morgan fingerprint density at radius 2 is 2.22 bits per heavy atom. The van der Waals surface area contributed by atoms with Crippen LogP contribution in [0.3, 0.4) is 0 Å². The first kappa shape index (κ1) is 11.8. The molecule has 0 amide bonds. The number of anilines is 1. The molecule has 1 aromatic carbocycles. The van der Waals surface area contributed by atoms with Crippen LogP contribution in [0.25, 0.3) is 10.2 Å². The number of nitrogens with one attached hydrogen (secondary N) is 1. The molecule has 2 heterocycles. The molecular weight excluding hydrogens is 268 g/mol. The Hall–Kier alpha value is -1.31. The second-order valence-corrected chi connectivity index (χ2v) is 5.16. The molecule has 18 heavy (non-hydrogen) atoms. The first-order chi connectivity index (χ1) is 8.83. The van der Waals surface area contributed by atoms with Gasteiger partial charge in [-0.25, -0.2) is 0 Å². The van der Waals surface area contributed by atoms with Gasteiger partial charge in [-0.05, 0) is 41.9 Å². The van der Waals surface area contributed by atoms with Gasteiger partial charge in [0.15, 0.2) is 5.11 Å². The lowest BCUT2D eigenvalue weighted by molar-refractivity contribution is 0.0690. The van der Waals surface area contributed by atoms with Crippen LogP contribution in [0.15, 0.2) is 18.2 Å². The second-order valence-electron chi connectivity index (χ2n) is 3.99. The molecule has 0 unspecified atom stereocenters. The first-order valence-electron chi connectivity index (χ1n) is 5.69. The minimum absolute atomic E-state index is 0.733. The molecule has 0 atom stereocenters.